The minimum absolute atomic E-state index is 0.356. The van der Waals surface area contributed by atoms with Crippen molar-refractivity contribution >= 4 is 33.5 Å². The van der Waals surface area contributed by atoms with Crippen LogP contribution >= 0.6 is 15.9 Å². The maximum absolute atomic E-state index is 12.2. The molecule has 0 fully saturated rings. The van der Waals surface area contributed by atoms with Crippen molar-refractivity contribution in [2.75, 3.05) is 5.32 Å². The topological polar surface area (TPSA) is 93.5 Å². The van der Waals surface area contributed by atoms with E-state index in [0.717, 1.165) is 4.47 Å². The van der Waals surface area contributed by atoms with Gasteiger partial charge in [-0.1, -0.05) is 15.9 Å². The number of hydrogen-bond acceptors (Lipinski definition) is 4. The summed E-state index contributed by atoms with van der Waals surface area (Å²) in [5.41, 5.74) is -0.803. The Bertz CT molecular complexity index is 740. The molecule has 0 saturated carbocycles. The van der Waals surface area contributed by atoms with E-state index in [-0.39, 0.29) is 5.91 Å². The third kappa shape index (κ3) is 4.14. The van der Waals surface area contributed by atoms with E-state index in [1.165, 1.54) is 30.9 Å². The summed E-state index contributed by atoms with van der Waals surface area (Å²) in [6, 6.07) is 7.14. The second-order valence-electron chi connectivity index (χ2n) is 5.74. The molecule has 2 rings (SSSR count). The average molecular weight is 396 g/mol. The molecule has 0 saturated heterocycles. The second kappa shape index (κ2) is 7.04. The van der Waals surface area contributed by atoms with Gasteiger partial charge in [-0.3, -0.25) is 9.48 Å². The zero-order valence-electron chi connectivity index (χ0n) is 13.5. The Morgan fingerprint density at radius 1 is 1.33 bits per heavy atom. The molecule has 0 aliphatic carbocycles. The third-order valence-electron chi connectivity index (χ3n) is 3.44. The zero-order chi connectivity index (χ0) is 17.9. The third-order valence-corrected chi connectivity index (χ3v) is 3.97. The lowest BCUT2D eigenvalue weighted by Gasteiger charge is -2.19. The van der Waals surface area contributed by atoms with Gasteiger partial charge in [-0.25, -0.2) is 4.79 Å². The molecular formula is C16H18BrN3O4. The normalized spacial score (nSPS) is 12.5. The van der Waals surface area contributed by atoms with E-state index in [1.807, 2.05) is 12.1 Å². The number of hydrogen-bond donors (Lipinski definition) is 2. The lowest BCUT2D eigenvalue weighted by molar-refractivity contribution is -0.146. The highest BCUT2D eigenvalue weighted by atomic mass is 79.9. The Balaban J connectivity index is 2.00. The van der Waals surface area contributed by atoms with Crippen LogP contribution in [0.4, 0.5) is 5.69 Å². The number of aromatic nitrogens is 2. The first kappa shape index (κ1) is 18.0. The van der Waals surface area contributed by atoms with Gasteiger partial charge in [0.15, 0.2) is 11.6 Å². The highest BCUT2D eigenvalue weighted by molar-refractivity contribution is 9.10. The number of halogens is 1. The van der Waals surface area contributed by atoms with Crippen LogP contribution in [0.2, 0.25) is 0 Å². The molecule has 128 valence electrons. The van der Waals surface area contributed by atoms with Gasteiger partial charge >= 0.3 is 5.97 Å². The van der Waals surface area contributed by atoms with Crippen LogP contribution in [0.15, 0.2) is 41.1 Å². The second-order valence-corrected chi connectivity index (χ2v) is 6.66. The Morgan fingerprint density at radius 3 is 2.54 bits per heavy atom. The van der Waals surface area contributed by atoms with Crippen molar-refractivity contribution in [1.29, 1.82) is 0 Å². The van der Waals surface area contributed by atoms with Gasteiger partial charge in [-0.2, -0.15) is 5.10 Å². The van der Waals surface area contributed by atoms with Gasteiger partial charge < -0.3 is 15.2 Å². The molecule has 8 heteroatoms. The number of carboxylic acid groups (broad SMARTS) is 1. The fraction of sp³-hybridized carbons (Fsp3) is 0.312. The van der Waals surface area contributed by atoms with E-state index in [9.17, 15) is 14.7 Å². The molecule has 1 unspecified atom stereocenters. The Hall–Kier alpha value is -2.35. The van der Waals surface area contributed by atoms with Crippen LogP contribution in [0.25, 0.3) is 0 Å². The maximum Gasteiger partial charge on any atom is 0.331 e. The molecule has 0 spiro atoms. The molecule has 0 bridgehead atoms. The molecule has 7 nitrogen and oxygen atoms in total. The van der Waals surface area contributed by atoms with Crippen molar-refractivity contribution in [2.45, 2.75) is 32.4 Å². The van der Waals surface area contributed by atoms with Crippen molar-refractivity contribution in [3.8, 4) is 5.75 Å². The van der Waals surface area contributed by atoms with E-state index in [0.29, 0.717) is 11.4 Å². The quantitative estimate of drug-likeness (QED) is 0.783. The van der Waals surface area contributed by atoms with E-state index in [2.05, 4.69) is 26.3 Å². The summed E-state index contributed by atoms with van der Waals surface area (Å²) in [5.74, 6) is -0.801. The SMILES string of the molecule is CC(Oc1ccc(Br)cc1)C(=O)Nc1cnn(C(C)(C)C(=O)O)c1. The Kier molecular flexibility index (Phi) is 5.28. The molecule has 2 N–H and O–H groups in total. The summed E-state index contributed by atoms with van der Waals surface area (Å²) in [4.78, 5) is 23.4. The number of benzene rings is 1. The largest absolute Gasteiger partial charge is 0.481 e. The number of carboxylic acids is 1. The van der Waals surface area contributed by atoms with Crippen LogP contribution in [0.5, 0.6) is 5.75 Å². The first-order chi connectivity index (χ1) is 11.2. The van der Waals surface area contributed by atoms with Crippen LogP contribution in [0.1, 0.15) is 20.8 Å². The van der Waals surface area contributed by atoms with Crippen molar-refractivity contribution in [1.82, 2.24) is 9.78 Å². The molecule has 1 aromatic carbocycles. The van der Waals surface area contributed by atoms with Crippen molar-refractivity contribution in [3.63, 3.8) is 0 Å². The molecular weight excluding hydrogens is 378 g/mol. The van der Waals surface area contributed by atoms with Gasteiger partial charge in [0.25, 0.3) is 5.91 Å². The standard InChI is InChI=1S/C16H18BrN3O4/c1-10(24-13-6-4-11(17)5-7-13)14(21)19-12-8-18-20(9-12)16(2,3)15(22)23/h4-10H,1-3H3,(H,19,21)(H,22,23). The van der Waals surface area contributed by atoms with Crippen molar-refractivity contribution in [3.05, 3.63) is 41.1 Å². The molecule has 0 radical (unpaired) electrons. The number of carbonyl (C=O) groups is 2. The number of carbonyl (C=O) groups excluding carboxylic acids is 1. The van der Waals surface area contributed by atoms with Crippen molar-refractivity contribution in [2.24, 2.45) is 0 Å². The minimum atomic E-state index is -1.21. The van der Waals surface area contributed by atoms with Crippen LogP contribution in [-0.2, 0) is 15.1 Å². The van der Waals surface area contributed by atoms with Crippen LogP contribution in [0.3, 0.4) is 0 Å². The van der Waals surface area contributed by atoms with Gasteiger partial charge in [0.2, 0.25) is 0 Å². The molecule has 2 aromatic rings. The van der Waals surface area contributed by atoms with Gasteiger partial charge in [-0.05, 0) is 45.0 Å². The summed E-state index contributed by atoms with van der Waals surface area (Å²) >= 11 is 3.33. The highest BCUT2D eigenvalue weighted by Crippen LogP contribution is 2.19. The lowest BCUT2D eigenvalue weighted by Crippen LogP contribution is -2.36. The molecule has 0 aliphatic rings. The number of ether oxygens (including phenoxy) is 1. The molecule has 0 aliphatic heterocycles. The predicted octanol–water partition coefficient (Wildman–Crippen LogP) is 2.87. The van der Waals surface area contributed by atoms with E-state index >= 15 is 0 Å². The van der Waals surface area contributed by atoms with E-state index < -0.39 is 17.6 Å². The molecule has 1 aromatic heterocycles. The van der Waals surface area contributed by atoms with Gasteiger partial charge in [0.05, 0.1) is 11.9 Å². The summed E-state index contributed by atoms with van der Waals surface area (Å²) < 4.78 is 7.76. The smallest absolute Gasteiger partial charge is 0.331 e. The lowest BCUT2D eigenvalue weighted by atomic mass is 10.1. The summed E-state index contributed by atoms with van der Waals surface area (Å²) in [6.45, 7) is 4.67. The molecule has 1 atom stereocenters. The first-order valence-corrected chi connectivity index (χ1v) is 8.01. The van der Waals surface area contributed by atoms with Crippen LogP contribution in [0, 0.1) is 0 Å². The number of anilines is 1. The Morgan fingerprint density at radius 2 is 1.96 bits per heavy atom. The number of rotatable bonds is 6. The van der Waals surface area contributed by atoms with Gasteiger partial charge in [-0.15, -0.1) is 0 Å². The number of aliphatic carboxylic acids is 1. The monoisotopic (exact) mass is 395 g/mol. The van der Waals surface area contributed by atoms with Gasteiger partial charge in [0.1, 0.15) is 5.75 Å². The average Bonchev–Trinajstić information content (AvgIpc) is 2.98. The molecule has 1 amide bonds. The highest BCUT2D eigenvalue weighted by Gasteiger charge is 2.30. The number of amides is 1. The molecule has 24 heavy (non-hydrogen) atoms. The minimum Gasteiger partial charge on any atom is -0.481 e. The predicted molar refractivity (Wildman–Crippen MR) is 92.0 cm³/mol. The van der Waals surface area contributed by atoms with Crippen LogP contribution < -0.4 is 10.1 Å². The number of nitrogens with zero attached hydrogens (tertiary/aromatic N) is 2. The van der Waals surface area contributed by atoms with E-state index in [4.69, 9.17) is 4.74 Å². The number of nitrogens with one attached hydrogen (secondary N) is 1. The zero-order valence-corrected chi connectivity index (χ0v) is 15.1. The fourth-order valence-corrected chi connectivity index (χ4v) is 2.07. The fourth-order valence-electron chi connectivity index (χ4n) is 1.81. The van der Waals surface area contributed by atoms with Gasteiger partial charge in [0, 0.05) is 10.7 Å². The molecule has 1 heterocycles. The van der Waals surface area contributed by atoms with Crippen molar-refractivity contribution < 1.29 is 19.4 Å². The van der Waals surface area contributed by atoms with Crippen LogP contribution in [-0.4, -0.2) is 32.9 Å². The maximum atomic E-state index is 12.2. The summed E-state index contributed by atoms with van der Waals surface area (Å²) in [6.07, 6.45) is 2.15. The Labute approximate surface area is 147 Å². The summed E-state index contributed by atoms with van der Waals surface area (Å²) in [7, 11) is 0. The first-order valence-electron chi connectivity index (χ1n) is 7.22. The van der Waals surface area contributed by atoms with E-state index in [1.54, 1.807) is 19.1 Å². The summed E-state index contributed by atoms with van der Waals surface area (Å²) in [5, 5.41) is 15.8.